The molecule has 0 N–H and O–H groups in total. The zero-order valence-corrected chi connectivity index (χ0v) is 16.2. The lowest BCUT2D eigenvalue weighted by atomic mass is 9.80. The zero-order chi connectivity index (χ0) is 18.4. The number of pyridine rings is 1. The van der Waals surface area contributed by atoms with Crippen LogP contribution in [0.5, 0.6) is 0 Å². The highest BCUT2D eigenvalue weighted by Gasteiger charge is 2.40. The Labute approximate surface area is 157 Å². The summed E-state index contributed by atoms with van der Waals surface area (Å²) in [6.45, 7) is 7.32. The topological polar surface area (TPSA) is 48.9 Å². The number of carbonyl (C=O) groups excluding carboxylic acids is 1. The Kier molecular flexibility index (Phi) is 6.62. The molecule has 2 fully saturated rings. The number of ether oxygens (including phenoxy) is 1. The summed E-state index contributed by atoms with van der Waals surface area (Å²) in [5, 5.41) is 0. The third-order valence-electron chi connectivity index (χ3n) is 5.46. The molecule has 1 amide bonds. The first-order valence-corrected chi connectivity index (χ1v) is 9.69. The number of hydrogen-bond acceptors (Lipinski definition) is 5. The molecule has 0 saturated carbocycles. The second-order valence-electron chi connectivity index (χ2n) is 8.05. The fourth-order valence-corrected chi connectivity index (χ4v) is 4.05. The van der Waals surface area contributed by atoms with E-state index in [1.54, 1.807) is 6.20 Å². The van der Waals surface area contributed by atoms with E-state index in [0.29, 0.717) is 6.42 Å². The third kappa shape index (κ3) is 5.25. The number of amides is 1. The zero-order valence-electron chi connectivity index (χ0n) is 16.2. The molecular formula is C20H32N4O2. The molecule has 0 aliphatic carbocycles. The first-order valence-electron chi connectivity index (χ1n) is 9.69. The average molecular weight is 361 g/mol. The monoisotopic (exact) mass is 360 g/mol. The molecule has 6 heteroatoms. The van der Waals surface area contributed by atoms with Crippen molar-refractivity contribution in [1.82, 2.24) is 19.7 Å². The normalized spacial score (nSPS) is 24.8. The van der Waals surface area contributed by atoms with Gasteiger partial charge in [-0.25, -0.2) is 0 Å². The van der Waals surface area contributed by atoms with Crippen LogP contribution in [0.25, 0.3) is 0 Å². The molecule has 3 rings (SSSR count). The number of aromatic nitrogens is 1. The second kappa shape index (κ2) is 8.93. The minimum absolute atomic E-state index is 0.0703. The molecule has 3 heterocycles. The van der Waals surface area contributed by atoms with Gasteiger partial charge in [-0.3, -0.25) is 14.7 Å². The third-order valence-corrected chi connectivity index (χ3v) is 5.46. The van der Waals surface area contributed by atoms with Gasteiger partial charge in [-0.2, -0.15) is 0 Å². The van der Waals surface area contributed by atoms with Gasteiger partial charge in [-0.05, 0) is 39.1 Å². The summed E-state index contributed by atoms with van der Waals surface area (Å²) < 4.78 is 5.97. The van der Waals surface area contributed by atoms with Crippen LogP contribution < -0.4 is 0 Å². The van der Waals surface area contributed by atoms with E-state index in [1.807, 2.05) is 23.1 Å². The van der Waals surface area contributed by atoms with Crippen LogP contribution in [0, 0.1) is 5.41 Å². The van der Waals surface area contributed by atoms with Crippen molar-refractivity contribution in [3.8, 4) is 0 Å². The fraction of sp³-hybridized carbons (Fsp3) is 0.700. The number of carbonyl (C=O) groups is 1. The number of rotatable bonds is 5. The van der Waals surface area contributed by atoms with E-state index >= 15 is 0 Å². The molecule has 1 unspecified atom stereocenters. The molecule has 144 valence electrons. The Hall–Kier alpha value is -1.50. The SMILES string of the molecule is CN(C)CCN1CCOCC2(CCCN(C(=O)Cc3ccccn3)C2)C1. The summed E-state index contributed by atoms with van der Waals surface area (Å²) in [5.41, 5.74) is 0.919. The van der Waals surface area contributed by atoms with Gasteiger partial charge in [-0.1, -0.05) is 6.07 Å². The number of likely N-dealkylation sites (tertiary alicyclic amines) is 1. The summed E-state index contributed by atoms with van der Waals surface area (Å²) in [7, 11) is 4.23. The minimum Gasteiger partial charge on any atom is -0.379 e. The summed E-state index contributed by atoms with van der Waals surface area (Å²) in [5.74, 6) is 0.187. The lowest BCUT2D eigenvalue weighted by Gasteiger charge is -2.43. The van der Waals surface area contributed by atoms with E-state index in [0.717, 1.165) is 71.0 Å². The Morgan fingerprint density at radius 3 is 2.96 bits per heavy atom. The van der Waals surface area contributed by atoms with Gasteiger partial charge in [0.1, 0.15) is 0 Å². The van der Waals surface area contributed by atoms with Gasteiger partial charge < -0.3 is 14.5 Å². The van der Waals surface area contributed by atoms with Gasteiger partial charge in [0.2, 0.25) is 5.91 Å². The molecule has 0 bridgehead atoms. The Bertz CT molecular complexity index is 580. The molecule has 0 aromatic carbocycles. The summed E-state index contributed by atoms with van der Waals surface area (Å²) in [6, 6.07) is 5.75. The molecule has 1 atom stereocenters. The molecule has 2 aliphatic heterocycles. The van der Waals surface area contributed by atoms with E-state index in [4.69, 9.17) is 4.74 Å². The predicted molar refractivity (Wildman–Crippen MR) is 102 cm³/mol. The Balaban J connectivity index is 1.62. The van der Waals surface area contributed by atoms with Gasteiger partial charge in [0.05, 0.1) is 19.6 Å². The van der Waals surface area contributed by atoms with E-state index in [-0.39, 0.29) is 11.3 Å². The van der Waals surface area contributed by atoms with E-state index in [9.17, 15) is 4.79 Å². The van der Waals surface area contributed by atoms with Gasteiger partial charge >= 0.3 is 0 Å². The molecule has 26 heavy (non-hydrogen) atoms. The van der Waals surface area contributed by atoms with Crippen molar-refractivity contribution in [1.29, 1.82) is 0 Å². The van der Waals surface area contributed by atoms with Gasteiger partial charge in [0.15, 0.2) is 0 Å². The van der Waals surface area contributed by atoms with Crippen molar-refractivity contribution in [3.05, 3.63) is 30.1 Å². The largest absolute Gasteiger partial charge is 0.379 e. The first kappa shape index (κ1) is 19.3. The van der Waals surface area contributed by atoms with Crippen molar-refractivity contribution in [2.45, 2.75) is 19.3 Å². The van der Waals surface area contributed by atoms with E-state index < -0.39 is 0 Å². The second-order valence-corrected chi connectivity index (χ2v) is 8.05. The first-order chi connectivity index (χ1) is 12.6. The van der Waals surface area contributed by atoms with Gasteiger partial charge in [0.25, 0.3) is 0 Å². The number of likely N-dealkylation sites (N-methyl/N-ethyl adjacent to an activating group) is 1. The number of piperidine rings is 1. The van der Waals surface area contributed by atoms with Crippen LogP contribution in [-0.4, -0.2) is 92.2 Å². The molecular weight excluding hydrogens is 328 g/mol. The highest BCUT2D eigenvalue weighted by atomic mass is 16.5. The van der Waals surface area contributed by atoms with Gasteiger partial charge in [-0.15, -0.1) is 0 Å². The fourth-order valence-electron chi connectivity index (χ4n) is 4.05. The van der Waals surface area contributed by atoms with E-state index in [2.05, 4.69) is 28.9 Å². The van der Waals surface area contributed by atoms with Crippen molar-refractivity contribution < 1.29 is 9.53 Å². The standard InChI is InChI=1S/C20H32N4O2/c1-22(2)10-11-23-12-13-26-17-20(15-23)7-5-9-24(16-20)19(25)14-18-6-3-4-8-21-18/h3-4,6,8H,5,7,9-17H2,1-2H3. The van der Waals surface area contributed by atoms with Crippen LogP contribution in [0.15, 0.2) is 24.4 Å². The van der Waals surface area contributed by atoms with Crippen molar-refractivity contribution in [3.63, 3.8) is 0 Å². The summed E-state index contributed by atoms with van der Waals surface area (Å²) in [4.78, 5) is 23.9. The minimum atomic E-state index is 0.0703. The smallest absolute Gasteiger partial charge is 0.228 e. The summed E-state index contributed by atoms with van der Waals surface area (Å²) >= 11 is 0. The highest BCUT2D eigenvalue weighted by molar-refractivity contribution is 5.78. The highest BCUT2D eigenvalue weighted by Crippen LogP contribution is 2.33. The maximum Gasteiger partial charge on any atom is 0.228 e. The lowest BCUT2D eigenvalue weighted by Crippen LogP contribution is -2.53. The van der Waals surface area contributed by atoms with Crippen LogP contribution in [-0.2, 0) is 16.0 Å². The van der Waals surface area contributed by atoms with Crippen molar-refractivity contribution in [2.24, 2.45) is 5.41 Å². The maximum absolute atomic E-state index is 12.8. The van der Waals surface area contributed by atoms with E-state index in [1.165, 1.54) is 0 Å². The number of nitrogens with zero attached hydrogens (tertiary/aromatic N) is 4. The average Bonchev–Trinajstić information content (AvgIpc) is 2.83. The van der Waals surface area contributed by atoms with Crippen LogP contribution in [0.4, 0.5) is 0 Å². The molecule has 2 saturated heterocycles. The molecule has 6 nitrogen and oxygen atoms in total. The maximum atomic E-state index is 12.8. The molecule has 0 radical (unpaired) electrons. The molecule has 1 aromatic rings. The molecule has 1 spiro atoms. The Morgan fingerprint density at radius 1 is 1.31 bits per heavy atom. The van der Waals surface area contributed by atoms with Crippen LogP contribution in [0.3, 0.4) is 0 Å². The Morgan fingerprint density at radius 2 is 2.19 bits per heavy atom. The quantitative estimate of drug-likeness (QED) is 0.788. The lowest BCUT2D eigenvalue weighted by molar-refractivity contribution is -0.135. The molecule has 2 aliphatic rings. The van der Waals surface area contributed by atoms with Crippen molar-refractivity contribution in [2.75, 3.05) is 66.6 Å². The molecule has 1 aromatic heterocycles. The number of hydrogen-bond donors (Lipinski definition) is 0. The van der Waals surface area contributed by atoms with Gasteiger partial charge in [0, 0.05) is 56.6 Å². The van der Waals surface area contributed by atoms with Crippen LogP contribution >= 0.6 is 0 Å². The predicted octanol–water partition coefficient (Wildman–Crippen LogP) is 1.13. The van der Waals surface area contributed by atoms with Crippen molar-refractivity contribution >= 4 is 5.91 Å². The van der Waals surface area contributed by atoms with Crippen LogP contribution in [0.2, 0.25) is 0 Å². The summed E-state index contributed by atoms with van der Waals surface area (Å²) in [6.07, 6.45) is 4.34. The van der Waals surface area contributed by atoms with Crippen LogP contribution in [0.1, 0.15) is 18.5 Å².